The van der Waals surface area contributed by atoms with Crippen LogP contribution < -0.4 is 9.01 Å². The van der Waals surface area contributed by atoms with Gasteiger partial charge in [-0.2, -0.15) is 21.9 Å². The van der Waals surface area contributed by atoms with Crippen molar-refractivity contribution in [3.05, 3.63) is 88.9 Å². The number of aryl methyl sites for hydroxylation is 1. The van der Waals surface area contributed by atoms with Crippen LogP contribution in [0.15, 0.2) is 87.7 Å². The Kier molecular flexibility index (Phi) is 6.45. The summed E-state index contributed by atoms with van der Waals surface area (Å²) in [5.41, 5.74) is 1.48. The SMILES string of the molecule is Cc1ccc(S(=O)(=O)N/N=C\c2ccc(OS(=O)(=O)c3ccc(Cl)cc3)cc2)cc1. The molecule has 0 aliphatic rings. The van der Waals surface area contributed by atoms with Gasteiger partial charge in [0.1, 0.15) is 10.6 Å². The Bertz CT molecular complexity index is 1250. The summed E-state index contributed by atoms with van der Waals surface area (Å²) < 4.78 is 54.0. The lowest BCUT2D eigenvalue weighted by atomic mass is 10.2. The summed E-state index contributed by atoms with van der Waals surface area (Å²) in [7, 11) is -7.77. The first-order chi connectivity index (χ1) is 14.2. The quantitative estimate of drug-likeness (QED) is 0.326. The predicted octanol–water partition coefficient (Wildman–Crippen LogP) is 3.73. The maximum absolute atomic E-state index is 12.3. The Morgan fingerprint density at radius 3 is 2.00 bits per heavy atom. The maximum atomic E-state index is 12.3. The van der Waals surface area contributed by atoms with Crippen molar-refractivity contribution in [1.82, 2.24) is 4.83 Å². The number of rotatable bonds is 7. The van der Waals surface area contributed by atoms with Gasteiger partial charge in [0, 0.05) is 5.02 Å². The summed E-state index contributed by atoms with van der Waals surface area (Å²) in [5.74, 6) is 0.0994. The van der Waals surface area contributed by atoms with Crippen LogP contribution in [0.1, 0.15) is 11.1 Å². The van der Waals surface area contributed by atoms with E-state index >= 15 is 0 Å². The fraction of sp³-hybridized carbons (Fsp3) is 0.0500. The third-order valence-corrected chi connectivity index (χ3v) is 6.66. The number of hydrogen-bond donors (Lipinski definition) is 1. The highest BCUT2D eigenvalue weighted by atomic mass is 35.5. The number of halogens is 1. The lowest BCUT2D eigenvalue weighted by molar-refractivity contribution is 0.486. The van der Waals surface area contributed by atoms with Crippen molar-refractivity contribution in [1.29, 1.82) is 0 Å². The van der Waals surface area contributed by atoms with Gasteiger partial charge in [-0.3, -0.25) is 0 Å². The van der Waals surface area contributed by atoms with Crippen molar-refractivity contribution < 1.29 is 21.0 Å². The Morgan fingerprint density at radius 2 is 1.40 bits per heavy atom. The molecule has 0 unspecified atom stereocenters. The molecule has 0 bridgehead atoms. The molecule has 0 fully saturated rings. The second-order valence-electron chi connectivity index (χ2n) is 6.23. The van der Waals surface area contributed by atoms with Gasteiger partial charge < -0.3 is 4.18 Å². The fourth-order valence-corrected chi connectivity index (χ4v) is 4.17. The van der Waals surface area contributed by atoms with Crippen LogP contribution >= 0.6 is 11.6 Å². The molecule has 0 spiro atoms. The molecule has 0 aromatic heterocycles. The minimum atomic E-state index is -4.00. The molecule has 0 atom stereocenters. The largest absolute Gasteiger partial charge is 0.379 e. The molecule has 0 heterocycles. The number of hydrogen-bond acceptors (Lipinski definition) is 6. The van der Waals surface area contributed by atoms with E-state index in [0.717, 1.165) is 5.56 Å². The molecule has 1 N–H and O–H groups in total. The normalized spacial score (nSPS) is 12.1. The van der Waals surface area contributed by atoms with Gasteiger partial charge >= 0.3 is 10.1 Å². The zero-order chi connectivity index (χ0) is 21.8. The van der Waals surface area contributed by atoms with Crippen molar-refractivity contribution in [2.24, 2.45) is 5.10 Å². The number of sulfonamides is 1. The van der Waals surface area contributed by atoms with E-state index in [1.165, 1.54) is 66.9 Å². The van der Waals surface area contributed by atoms with Gasteiger partial charge in [-0.1, -0.05) is 29.3 Å². The van der Waals surface area contributed by atoms with Crippen molar-refractivity contribution in [2.75, 3.05) is 0 Å². The van der Waals surface area contributed by atoms with Crippen molar-refractivity contribution in [2.45, 2.75) is 16.7 Å². The Hall–Kier alpha value is -2.88. The van der Waals surface area contributed by atoms with Gasteiger partial charge in [-0.25, -0.2) is 4.83 Å². The molecule has 10 heteroatoms. The van der Waals surface area contributed by atoms with Crippen LogP contribution in [0.4, 0.5) is 0 Å². The summed E-state index contributed by atoms with van der Waals surface area (Å²) >= 11 is 5.76. The molecule has 0 saturated carbocycles. The lowest BCUT2D eigenvalue weighted by Gasteiger charge is -2.07. The molecule has 0 radical (unpaired) electrons. The van der Waals surface area contributed by atoms with Crippen molar-refractivity contribution in [3.8, 4) is 5.75 Å². The van der Waals surface area contributed by atoms with Gasteiger partial charge in [0.25, 0.3) is 10.0 Å². The molecule has 156 valence electrons. The number of hydrazone groups is 1. The molecule has 0 saturated heterocycles. The molecule has 0 aliphatic carbocycles. The average Bonchev–Trinajstić information content (AvgIpc) is 2.70. The zero-order valence-corrected chi connectivity index (χ0v) is 18.1. The van der Waals surface area contributed by atoms with Crippen LogP contribution in [0.3, 0.4) is 0 Å². The van der Waals surface area contributed by atoms with Crippen molar-refractivity contribution >= 4 is 38.0 Å². The molecule has 7 nitrogen and oxygen atoms in total. The van der Waals surface area contributed by atoms with Gasteiger partial charge in [-0.15, -0.1) is 0 Å². The van der Waals surface area contributed by atoms with Crippen LogP contribution in [0.5, 0.6) is 5.75 Å². The molecule has 0 amide bonds. The lowest BCUT2D eigenvalue weighted by Crippen LogP contribution is -2.18. The van der Waals surface area contributed by atoms with Crippen LogP contribution in [0, 0.1) is 6.92 Å². The smallest absolute Gasteiger partial charge is 0.339 e. The summed E-state index contributed by atoms with van der Waals surface area (Å²) in [6, 6.07) is 17.9. The van der Waals surface area contributed by atoms with E-state index in [-0.39, 0.29) is 15.5 Å². The van der Waals surface area contributed by atoms with Crippen LogP contribution in [-0.2, 0) is 20.1 Å². The number of nitrogens with zero attached hydrogens (tertiary/aromatic N) is 1. The molecular weight excluding hydrogens is 448 g/mol. The molecule has 3 rings (SSSR count). The minimum Gasteiger partial charge on any atom is -0.379 e. The first-order valence-electron chi connectivity index (χ1n) is 8.57. The van der Waals surface area contributed by atoms with Crippen molar-refractivity contribution in [3.63, 3.8) is 0 Å². The van der Waals surface area contributed by atoms with Crippen LogP contribution in [-0.4, -0.2) is 23.1 Å². The highest BCUT2D eigenvalue weighted by Gasteiger charge is 2.16. The van der Waals surface area contributed by atoms with E-state index in [4.69, 9.17) is 15.8 Å². The van der Waals surface area contributed by atoms with E-state index < -0.39 is 20.1 Å². The number of nitrogens with one attached hydrogen (secondary N) is 1. The molecule has 3 aromatic carbocycles. The van der Waals surface area contributed by atoms with E-state index in [2.05, 4.69) is 9.93 Å². The minimum absolute atomic E-state index is 0.0250. The predicted molar refractivity (Wildman–Crippen MR) is 115 cm³/mol. The van der Waals surface area contributed by atoms with E-state index in [1.54, 1.807) is 12.1 Å². The second-order valence-corrected chi connectivity index (χ2v) is 9.87. The van der Waals surface area contributed by atoms with Crippen LogP contribution in [0.2, 0.25) is 5.02 Å². The first kappa shape index (κ1) is 21.8. The average molecular weight is 465 g/mol. The molecular formula is C20H17ClN2O5S2. The molecule has 0 aliphatic heterocycles. The van der Waals surface area contributed by atoms with Gasteiger partial charge in [0.2, 0.25) is 0 Å². The third-order valence-electron chi connectivity index (χ3n) is 3.91. The monoisotopic (exact) mass is 464 g/mol. The Balaban J connectivity index is 1.65. The fourth-order valence-electron chi connectivity index (χ4n) is 2.33. The van der Waals surface area contributed by atoms with E-state index in [0.29, 0.717) is 10.6 Å². The number of benzene rings is 3. The molecule has 30 heavy (non-hydrogen) atoms. The Labute approximate surface area is 180 Å². The summed E-state index contributed by atoms with van der Waals surface area (Å²) in [4.78, 5) is 2.20. The third kappa shape index (κ3) is 5.59. The summed E-state index contributed by atoms with van der Waals surface area (Å²) in [6.07, 6.45) is 1.29. The zero-order valence-electron chi connectivity index (χ0n) is 15.7. The standard InChI is InChI=1S/C20H17ClN2O5S2/c1-15-2-10-19(11-3-15)29(24,25)23-22-14-16-4-8-18(9-5-16)28-30(26,27)20-12-6-17(21)7-13-20/h2-14,23H,1H3/b22-14-. The maximum Gasteiger partial charge on any atom is 0.339 e. The second kappa shape index (κ2) is 8.86. The first-order valence-corrected chi connectivity index (χ1v) is 11.8. The van der Waals surface area contributed by atoms with E-state index in [1.807, 2.05) is 6.92 Å². The summed E-state index contributed by atoms with van der Waals surface area (Å²) in [5, 5.41) is 4.15. The molecule has 3 aromatic rings. The Morgan fingerprint density at radius 1 is 0.833 bits per heavy atom. The van der Waals surface area contributed by atoms with Crippen LogP contribution in [0.25, 0.3) is 0 Å². The summed E-state index contributed by atoms with van der Waals surface area (Å²) in [6.45, 7) is 1.86. The van der Waals surface area contributed by atoms with Gasteiger partial charge in [-0.05, 0) is 73.2 Å². The van der Waals surface area contributed by atoms with E-state index in [9.17, 15) is 16.8 Å². The van der Waals surface area contributed by atoms with Gasteiger partial charge in [0.05, 0.1) is 11.1 Å². The highest BCUT2D eigenvalue weighted by molar-refractivity contribution is 7.89. The topological polar surface area (TPSA) is 102 Å². The van der Waals surface area contributed by atoms with Gasteiger partial charge in [0.15, 0.2) is 0 Å². The highest BCUT2D eigenvalue weighted by Crippen LogP contribution is 2.20.